The summed E-state index contributed by atoms with van der Waals surface area (Å²) < 4.78 is 15.1. The third-order valence-electron chi connectivity index (χ3n) is 3.39. The number of carboxylic acid groups (broad SMARTS) is 1. The lowest BCUT2D eigenvalue weighted by atomic mass is 10.1. The lowest BCUT2D eigenvalue weighted by Crippen LogP contribution is -2.10. The van der Waals surface area contributed by atoms with Crippen molar-refractivity contribution >= 4 is 17.0 Å². The van der Waals surface area contributed by atoms with E-state index in [1.165, 1.54) is 12.1 Å². The highest BCUT2D eigenvalue weighted by molar-refractivity contribution is 5.83. The Morgan fingerprint density at radius 1 is 1.29 bits per heavy atom. The number of hydrogen-bond donors (Lipinski definition) is 1. The fraction of sp³-hybridized carbons (Fsp3) is 0.125. The summed E-state index contributed by atoms with van der Waals surface area (Å²) >= 11 is 0. The van der Waals surface area contributed by atoms with E-state index < -0.39 is 5.97 Å². The maximum Gasteiger partial charge on any atom is 0.323 e. The topological polar surface area (TPSA) is 55.1 Å². The van der Waals surface area contributed by atoms with Gasteiger partial charge in [-0.1, -0.05) is 18.2 Å². The highest BCUT2D eigenvalue weighted by Crippen LogP contribution is 2.27. The van der Waals surface area contributed by atoms with Gasteiger partial charge in [-0.2, -0.15) is 0 Å². The van der Waals surface area contributed by atoms with E-state index in [1.807, 2.05) is 31.2 Å². The van der Waals surface area contributed by atoms with Crippen molar-refractivity contribution in [2.45, 2.75) is 13.5 Å². The monoisotopic (exact) mass is 284 g/mol. The van der Waals surface area contributed by atoms with Crippen LogP contribution in [0.1, 0.15) is 5.56 Å². The molecule has 1 heterocycles. The Morgan fingerprint density at radius 3 is 2.81 bits per heavy atom. The minimum Gasteiger partial charge on any atom is -0.480 e. The van der Waals surface area contributed by atoms with Gasteiger partial charge in [-0.25, -0.2) is 9.37 Å². The van der Waals surface area contributed by atoms with Gasteiger partial charge in [0.05, 0.1) is 11.0 Å². The Labute approximate surface area is 120 Å². The summed E-state index contributed by atoms with van der Waals surface area (Å²) in [6.07, 6.45) is 0. The van der Waals surface area contributed by atoms with Gasteiger partial charge in [0.2, 0.25) is 0 Å². The molecule has 4 nitrogen and oxygen atoms in total. The first-order valence-corrected chi connectivity index (χ1v) is 6.50. The summed E-state index contributed by atoms with van der Waals surface area (Å²) in [4.78, 5) is 15.6. The van der Waals surface area contributed by atoms with Crippen LogP contribution in [-0.2, 0) is 11.3 Å². The molecule has 0 aliphatic carbocycles. The van der Waals surface area contributed by atoms with Crippen LogP contribution in [0.25, 0.3) is 22.4 Å². The van der Waals surface area contributed by atoms with E-state index in [0.29, 0.717) is 16.9 Å². The fourth-order valence-electron chi connectivity index (χ4n) is 2.41. The van der Waals surface area contributed by atoms with E-state index in [0.717, 1.165) is 11.1 Å². The van der Waals surface area contributed by atoms with Crippen LogP contribution in [0.3, 0.4) is 0 Å². The summed E-state index contributed by atoms with van der Waals surface area (Å²) in [7, 11) is 0. The zero-order valence-corrected chi connectivity index (χ0v) is 11.4. The molecule has 0 unspecified atom stereocenters. The van der Waals surface area contributed by atoms with Crippen molar-refractivity contribution in [3.63, 3.8) is 0 Å². The fourth-order valence-corrected chi connectivity index (χ4v) is 2.41. The molecule has 0 saturated heterocycles. The highest BCUT2D eigenvalue weighted by atomic mass is 19.1. The molecule has 5 heteroatoms. The number of nitrogens with zero attached hydrogens (tertiary/aromatic N) is 2. The van der Waals surface area contributed by atoms with Crippen LogP contribution in [0.4, 0.5) is 4.39 Å². The van der Waals surface area contributed by atoms with Crippen molar-refractivity contribution in [3.05, 3.63) is 53.8 Å². The van der Waals surface area contributed by atoms with E-state index in [9.17, 15) is 9.18 Å². The lowest BCUT2D eigenvalue weighted by molar-refractivity contribution is -0.137. The average molecular weight is 284 g/mol. The number of aryl methyl sites for hydroxylation is 1. The molecule has 0 atom stereocenters. The first kappa shape index (κ1) is 13.3. The van der Waals surface area contributed by atoms with Gasteiger partial charge in [0, 0.05) is 5.56 Å². The molecule has 0 bridgehead atoms. The molecule has 1 N–H and O–H groups in total. The molecule has 0 amide bonds. The Morgan fingerprint density at radius 2 is 2.05 bits per heavy atom. The summed E-state index contributed by atoms with van der Waals surface area (Å²) in [5, 5.41) is 9.12. The van der Waals surface area contributed by atoms with Crippen LogP contribution in [0.15, 0.2) is 42.5 Å². The lowest BCUT2D eigenvalue weighted by Gasteiger charge is -2.09. The number of aliphatic carboxylic acids is 1. The minimum atomic E-state index is -0.964. The third-order valence-corrected chi connectivity index (χ3v) is 3.39. The van der Waals surface area contributed by atoms with E-state index in [1.54, 1.807) is 10.6 Å². The molecule has 0 spiro atoms. The quantitative estimate of drug-likeness (QED) is 0.803. The van der Waals surface area contributed by atoms with Crippen LogP contribution < -0.4 is 0 Å². The molecule has 2 aromatic carbocycles. The van der Waals surface area contributed by atoms with E-state index in [4.69, 9.17) is 5.11 Å². The number of rotatable bonds is 3. The number of aromatic nitrogens is 2. The number of hydrogen-bond acceptors (Lipinski definition) is 2. The van der Waals surface area contributed by atoms with Crippen LogP contribution in [0.2, 0.25) is 0 Å². The normalized spacial score (nSPS) is 11.0. The van der Waals surface area contributed by atoms with Gasteiger partial charge in [-0.3, -0.25) is 4.79 Å². The van der Waals surface area contributed by atoms with Gasteiger partial charge in [-0.05, 0) is 36.8 Å². The second-order valence-corrected chi connectivity index (χ2v) is 4.86. The van der Waals surface area contributed by atoms with Crippen molar-refractivity contribution < 1.29 is 14.3 Å². The van der Waals surface area contributed by atoms with Crippen LogP contribution in [0, 0.1) is 12.7 Å². The Bertz CT molecular complexity index is 839. The first-order chi connectivity index (χ1) is 10.1. The molecule has 0 aliphatic rings. The number of para-hydroxylation sites is 2. The zero-order chi connectivity index (χ0) is 15.0. The maximum absolute atomic E-state index is 13.5. The first-order valence-electron chi connectivity index (χ1n) is 6.50. The molecule has 3 aromatic rings. The molecule has 3 rings (SSSR count). The molecule has 106 valence electrons. The highest BCUT2D eigenvalue weighted by Gasteiger charge is 2.16. The predicted molar refractivity (Wildman–Crippen MR) is 77.5 cm³/mol. The zero-order valence-electron chi connectivity index (χ0n) is 11.4. The van der Waals surface area contributed by atoms with Crippen LogP contribution in [-0.4, -0.2) is 20.6 Å². The van der Waals surface area contributed by atoms with E-state index >= 15 is 0 Å². The minimum absolute atomic E-state index is 0.216. The number of carbonyl (C=O) groups is 1. The summed E-state index contributed by atoms with van der Waals surface area (Å²) in [6, 6.07) is 11.7. The van der Waals surface area contributed by atoms with Gasteiger partial charge in [0.15, 0.2) is 0 Å². The van der Waals surface area contributed by atoms with Crippen molar-refractivity contribution in [2.24, 2.45) is 0 Å². The van der Waals surface area contributed by atoms with Crippen molar-refractivity contribution in [1.82, 2.24) is 9.55 Å². The number of fused-ring (bicyclic) bond motifs is 1. The average Bonchev–Trinajstić information content (AvgIpc) is 2.80. The Kier molecular flexibility index (Phi) is 3.17. The van der Waals surface area contributed by atoms with Gasteiger partial charge in [0.1, 0.15) is 18.2 Å². The van der Waals surface area contributed by atoms with Gasteiger partial charge in [0.25, 0.3) is 0 Å². The molecular weight excluding hydrogens is 271 g/mol. The molecule has 0 aliphatic heterocycles. The standard InChI is InChI=1S/C16H13FN2O2/c1-10-6-7-11(17)8-12(10)16-18-13-4-2-3-5-14(13)19(16)9-15(20)21/h2-8H,9H2,1H3,(H,20,21). The van der Waals surface area contributed by atoms with E-state index in [-0.39, 0.29) is 12.4 Å². The molecule has 21 heavy (non-hydrogen) atoms. The number of imidazole rings is 1. The van der Waals surface area contributed by atoms with Gasteiger partial charge >= 0.3 is 5.97 Å². The van der Waals surface area contributed by atoms with Crippen molar-refractivity contribution in [2.75, 3.05) is 0 Å². The molecular formula is C16H13FN2O2. The second kappa shape index (κ2) is 5.01. The maximum atomic E-state index is 13.5. The van der Waals surface area contributed by atoms with Crippen molar-refractivity contribution in [1.29, 1.82) is 0 Å². The number of carboxylic acids is 1. The van der Waals surface area contributed by atoms with Gasteiger partial charge < -0.3 is 9.67 Å². The molecule has 1 aromatic heterocycles. The second-order valence-electron chi connectivity index (χ2n) is 4.86. The smallest absolute Gasteiger partial charge is 0.323 e. The van der Waals surface area contributed by atoms with Gasteiger partial charge in [-0.15, -0.1) is 0 Å². The SMILES string of the molecule is Cc1ccc(F)cc1-c1nc2ccccc2n1CC(=O)O. The third kappa shape index (κ3) is 2.38. The Balaban J connectivity index is 2.30. The van der Waals surface area contributed by atoms with E-state index in [2.05, 4.69) is 4.98 Å². The molecule has 0 fully saturated rings. The molecule has 0 saturated carbocycles. The van der Waals surface area contributed by atoms with Crippen LogP contribution >= 0.6 is 0 Å². The summed E-state index contributed by atoms with van der Waals surface area (Å²) in [5.41, 5.74) is 2.86. The predicted octanol–water partition coefficient (Wildman–Crippen LogP) is 3.24. The molecule has 0 radical (unpaired) electrons. The summed E-state index contributed by atoms with van der Waals surface area (Å²) in [5.74, 6) is -0.867. The van der Waals surface area contributed by atoms with Crippen molar-refractivity contribution in [3.8, 4) is 11.4 Å². The number of benzene rings is 2. The summed E-state index contributed by atoms with van der Waals surface area (Å²) in [6.45, 7) is 1.63. The largest absolute Gasteiger partial charge is 0.480 e. The Hall–Kier alpha value is -2.69. The van der Waals surface area contributed by atoms with Crippen LogP contribution in [0.5, 0.6) is 0 Å². The number of halogens is 1.